The zero-order chi connectivity index (χ0) is 19.7. The van der Waals surface area contributed by atoms with Crippen molar-refractivity contribution in [3.8, 4) is 0 Å². The molecule has 0 saturated carbocycles. The van der Waals surface area contributed by atoms with E-state index in [0.717, 1.165) is 10.1 Å². The first-order chi connectivity index (χ1) is 12.8. The van der Waals surface area contributed by atoms with Gasteiger partial charge in [-0.05, 0) is 42.9 Å². The summed E-state index contributed by atoms with van der Waals surface area (Å²) in [4.78, 5) is 23.2. The number of aryl methyl sites for hydroxylation is 1. The molecule has 0 saturated heterocycles. The Morgan fingerprint density at radius 2 is 1.96 bits per heavy atom. The number of benzene rings is 2. The smallest absolute Gasteiger partial charge is 0.269 e. The maximum Gasteiger partial charge on any atom is 0.269 e. The fourth-order valence-electron chi connectivity index (χ4n) is 2.40. The second-order valence-electron chi connectivity index (χ2n) is 5.55. The van der Waals surface area contributed by atoms with Gasteiger partial charge in [-0.1, -0.05) is 29.3 Å². The molecule has 0 aliphatic rings. The number of anilines is 1. The Balaban J connectivity index is 1.76. The minimum Gasteiger partial charge on any atom is -0.332 e. The number of rotatable bonds is 3. The zero-order valence-corrected chi connectivity index (χ0v) is 16.9. The van der Waals surface area contributed by atoms with E-state index in [1.165, 1.54) is 29.5 Å². The van der Waals surface area contributed by atoms with E-state index in [9.17, 15) is 14.9 Å². The summed E-state index contributed by atoms with van der Waals surface area (Å²) in [5, 5.41) is 17.9. The zero-order valence-electron chi connectivity index (χ0n) is 13.7. The van der Waals surface area contributed by atoms with E-state index in [0.29, 0.717) is 26.2 Å². The Labute approximate surface area is 173 Å². The van der Waals surface area contributed by atoms with Crippen molar-refractivity contribution in [2.45, 2.75) is 6.92 Å². The van der Waals surface area contributed by atoms with Gasteiger partial charge in [0.15, 0.2) is 5.11 Å². The highest BCUT2D eigenvalue weighted by atomic mass is 35.5. The first-order valence-electron chi connectivity index (χ1n) is 7.51. The lowest BCUT2D eigenvalue weighted by Crippen LogP contribution is -2.34. The molecule has 138 valence electrons. The molecule has 3 rings (SSSR count). The lowest BCUT2D eigenvalue weighted by Gasteiger charge is -2.11. The van der Waals surface area contributed by atoms with Gasteiger partial charge in [-0.25, -0.2) is 0 Å². The van der Waals surface area contributed by atoms with Crippen LogP contribution >= 0.6 is 46.8 Å². The molecule has 0 aliphatic heterocycles. The minimum absolute atomic E-state index is 0.0243. The number of amides is 1. The molecule has 0 fully saturated rings. The number of hydrogen-bond donors (Lipinski definition) is 2. The van der Waals surface area contributed by atoms with Gasteiger partial charge < -0.3 is 5.32 Å². The van der Waals surface area contributed by atoms with E-state index in [1.54, 1.807) is 25.1 Å². The molecule has 0 radical (unpaired) electrons. The van der Waals surface area contributed by atoms with E-state index in [4.69, 9.17) is 35.4 Å². The predicted molar refractivity (Wildman–Crippen MR) is 113 cm³/mol. The van der Waals surface area contributed by atoms with Crippen LogP contribution in [0.4, 0.5) is 11.4 Å². The standard InChI is InChI=1S/C17H11Cl2N3O3S2/c1-8-6-10(22(24)25)3-5-12(8)20-17(26)21-16(23)15-14(19)11-4-2-9(18)7-13(11)27-15/h2-7H,1H3,(H2,20,21,23,26). The quantitative estimate of drug-likeness (QED) is 0.317. The second-order valence-corrected chi connectivity index (χ2v) is 7.83. The number of halogens is 2. The summed E-state index contributed by atoms with van der Waals surface area (Å²) < 4.78 is 0.794. The number of hydrogen-bond acceptors (Lipinski definition) is 5. The molecular weight excluding hydrogens is 429 g/mol. The van der Waals surface area contributed by atoms with Crippen LogP contribution < -0.4 is 10.6 Å². The number of non-ortho nitro benzene ring substituents is 1. The molecule has 0 spiro atoms. The van der Waals surface area contributed by atoms with Crippen molar-refractivity contribution < 1.29 is 9.72 Å². The Morgan fingerprint density at radius 1 is 1.22 bits per heavy atom. The molecule has 6 nitrogen and oxygen atoms in total. The van der Waals surface area contributed by atoms with Crippen molar-refractivity contribution in [1.82, 2.24) is 5.32 Å². The Bertz CT molecular complexity index is 1100. The first-order valence-corrected chi connectivity index (χ1v) is 9.49. The third-order valence-electron chi connectivity index (χ3n) is 3.69. The lowest BCUT2D eigenvalue weighted by atomic mass is 10.2. The monoisotopic (exact) mass is 439 g/mol. The molecule has 2 N–H and O–H groups in total. The van der Waals surface area contributed by atoms with Gasteiger partial charge in [0.2, 0.25) is 0 Å². The Kier molecular flexibility index (Phi) is 5.61. The van der Waals surface area contributed by atoms with E-state index >= 15 is 0 Å². The Hall–Kier alpha value is -2.26. The van der Waals surface area contributed by atoms with E-state index in [1.807, 2.05) is 0 Å². The summed E-state index contributed by atoms with van der Waals surface area (Å²) in [6.45, 7) is 1.70. The molecule has 0 aliphatic carbocycles. The number of nitrogens with zero attached hydrogens (tertiary/aromatic N) is 1. The Morgan fingerprint density at radius 3 is 2.63 bits per heavy atom. The van der Waals surface area contributed by atoms with Crippen LogP contribution in [0.15, 0.2) is 36.4 Å². The van der Waals surface area contributed by atoms with Crippen LogP contribution in [0.5, 0.6) is 0 Å². The summed E-state index contributed by atoms with van der Waals surface area (Å²) in [5.41, 5.74) is 1.15. The van der Waals surface area contributed by atoms with Crippen molar-refractivity contribution in [3.05, 3.63) is 67.0 Å². The molecule has 1 amide bonds. The first kappa shape index (κ1) is 19.5. The number of nitrogens with one attached hydrogen (secondary N) is 2. The SMILES string of the molecule is Cc1cc([N+](=O)[O-])ccc1NC(=S)NC(=O)c1sc2cc(Cl)ccc2c1Cl. The predicted octanol–water partition coefficient (Wildman–Crippen LogP) is 5.55. The van der Waals surface area contributed by atoms with Crippen molar-refractivity contribution in [2.75, 3.05) is 5.32 Å². The van der Waals surface area contributed by atoms with Gasteiger partial charge in [0.05, 0.1) is 9.95 Å². The van der Waals surface area contributed by atoms with Crippen LogP contribution in [-0.2, 0) is 0 Å². The molecule has 0 bridgehead atoms. The van der Waals surface area contributed by atoms with Crippen LogP contribution in [0.25, 0.3) is 10.1 Å². The summed E-state index contributed by atoms with van der Waals surface area (Å²) in [6.07, 6.45) is 0. The number of thiophene rings is 1. The molecule has 2 aromatic carbocycles. The van der Waals surface area contributed by atoms with E-state index < -0.39 is 10.8 Å². The molecule has 0 unspecified atom stereocenters. The lowest BCUT2D eigenvalue weighted by molar-refractivity contribution is -0.384. The molecule has 27 heavy (non-hydrogen) atoms. The van der Waals surface area contributed by atoms with Gasteiger partial charge in [-0.15, -0.1) is 11.3 Å². The van der Waals surface area contributed by atoms with Gasteiger partial charge >= 0.3 is 0 Å². The highest BCUT2D eigenvalue weighted by molar-refractivity contribution is 7.80. The summed E-state index contributed by atoms with van der Waals surface area (Å²) in [5.74, 6) is -0.450. The topological polar surface area (TPSA) is 84.3 Å². The fraction of sp³-hybridized carbons (Fsp3) is 0.0588. The van der Waals surface area contributed by atoms with E-state index in [2.05, 4.69) is 10.6 Å². The van der Waals surface area contributed by atoms with Crippen molar-refractivity contribution in [1.29, 1.82) is 0 Å². The number of fused-ring (bicyclic) bond motifs is 1. The van der Waals surface area contributed by atoms with Crippen molar-refractivity contribution in [2.24, 2.45) is 0 Å². The third-order valence-corrected chi connectivity index (χ3v) is 5.79. The molecular formula is C17H11Cl2N3O3S2. The van der Waals surface area contributed by atoms with Gasteiger partial charge in [-0.3, -0.25) is 20.2 Å². The van der Waals surface area contributed by atoms with Crippen molar-refractivity contribution >= 4 is 79.2 Å². The molecule has 1 heterocycles. The van der Waals surface area contributed by atoms with Crippen LogP contribution in [0.3, 0.4) is 0 Å². The van der Waals surface area contributed by atoms with Crippen LogP contribution in [0.1, 0.15) is 15.2 Å². The molecule has 1 aromatic heterocycles. The van der Waals surface area contributed by atoms with E-state index in [-0.39, 0.29) is 10.8 Å². The number of carbonyl (C=O) groups is 1. The van der Waals surface area contributed by atoms with Gasteiger partial charge in [0.25, 0.3) is 11.6 Å². The summed E-state index contributed by atoms with van der Waals surface area (Å²) in [6, 6.07) is 9.49. The van der Waals surface area contributed by atoms with Gasteiger partial charge in [0, 0.05) is 32.9 Å². The minimum atomic E-state index is -0.480. The number of thiocarbonyl (C=S) groups is 1. The summed E-state index contributed by atoms with van der Waals surface area (Å²) in [7, 11) is 0. The average Bonchev–Trinajstić information content (AvgIpc) is 2.92. The average molecular weight is 440 g/mol. The van der Waals surface area contributed by atoms with Crippen LogP contribution in [0.2, 0.25) is 10.0 Å². The number of nitro groups is 1. The van der Waals surface area contributed by atoms with Crippen LogP contribution in [0, 0.1) is 17.0 Å². The highest BCUT2D eigenvalue weighted by Gasteiger charge is 2.18. The largest absolute Gasteiger partial charge is 0.332 e. The van der Waals surface area contributed by atoms with Crippen molar-refractivity contribution in [3.63, 3.8) is 0 Å². The molecule has 0 atom stereocenters. The highest BCUT2D eigenvalue weighted by Crippen LogP contribution is 2.36. The summed E-state index contributed by atoms with van der Waals surface area (Å²) >= 11 is 18.6. The van der Waals surface area contributed by atoms with Crippen LogP contribution in [-0.4, -0.2) is 15.9 Å². The molecule has 3 aromatic rings. The number of carbonyl (C=O) groups excluding carboxylic acids is 1. The number of nitro benzene ring substituents is 1. The molecule has 10 heteroatoms. The van der Waals surface area contributed by atoms with Gasteiger partial charge in [0.1, 0.15) is 4.88 Å². The van der Waals surface area contributed by atoms with Gasteiger partial charge in [-0.2, -0.15) is 0 Å². The maximum atomic E-state index is 12.5. The third kappa shape index (κ3) is 4.19. The second kappa shape index (κ2) is 7.77. The maximum absolute atomic E-state index is 12.5. The fourth-order valence-corrected chi connectivity index (χ4v) is 4.29. The normalized spacial score (nSPS) is 10.6.